The van der Waals surface area contributed by atoms with Gasteiger partial charge in [0.05, 0.1) is 4.90 Å². The lowest BCUT2D eigenvalue weighted by Crippen LogP contribution is -2.41. The summed E-state index contributed by atoms with van der Waals surface area (Å²) in [6.45, 7) is 4.62. The van der Waals surface area contributed by atoms with E-state index in [9.17, 15) is 18.0 Å². The van der Waals surface area contributed by atoms with E-state index >= 15 is 0 Å². The number of aryl methyl sites for hydroxylation is 2. The number of benzene rings is 2. The van der Waals surface area contributed by atoms with Gasteiger partial charge in [0, 0.05) is 6.04 Å². The van der Waals surface area contributed by atoms with Crippen molar-refractivity contribution in [3.63, 3.8) is 0 Å². The van der Waals surface area contributed by atoms with Crippen LogP contribution in [0.1, 0.15) is 31.4 Å². The highest BCUT2D eigenvalue weighted by Gasteiger charge is 2.23. The van der Waals surface area contributed by atoms with Crippen molar-refractivity contribution in [3.8, 4) is 0 Å². The Bertz CT molecular complexity index is 943. The average molecular weight is 433 g/mol. The fourth-order valence-corrected chi connectivity index (χ4v) is 3.94. The van der Waals surface area contributed by atoms with E-state index in [0.29, 0.717) is 0 Å². The van der Waals surface area contributed by atoms with Gasteiger partial charge in [0.2, 0.25) is 10.0 Å². The minimum atomic E-state index is -3.86. The second kappa shape index (κ2) is 10.9. The van der Waals surface area contributed by atoms with Crippen molar-refractivity contribution < 1.29 is 22.7 Å². The summed E-state index contributed by atoms with van der Waals surface area (Å²) in [6.07, 6.45) is 1.57. The molecule has 30 heavy (non-hydrogen) atoms. The van der Waals surface area contributed by atoms with Crippen LogP contribution in [-0.2, 0) is 30.8 Å². The summed E-state index contributed by atoms with van der Waals surface area (Å²) in [5.41, 5.74) is 2.10. The third-order valence-corrected chi connectivity index (χ3v) is 6.04. The first-order valence-corrected chi connectivity index (χ1v) is 11.2. The number of sulfonamides is 1. The van der Waals surface area contributed by atoms with Gasteiger partial charge in [0.15, 0.2) is 6.61 Å². The summed E-state index contributed by atoms with van der Waals surface area (Å²) in [6, 6.07) is 15.0. The van der Waals surface area contributed by atoms with E-state index in [4.69, 9.17) is 4.74 Å². The number of carbonyl (C=O) groups excluding carboxylic acids is 2. The maximum atomic E-state index is 12.3. The second-order valence-corrected chi connectivity index (χ2v) is 8.97. The summed E-state index contributed by atoms with van der Waals surface area (Å²) in [7, 11) is -3.86. The van der Waals surface area contributed by atoms with Crippen molar-refractivity contribution in [3.05, 3.63) is 65.7 Å². The smallest absolute Gasteiger partial charge is 0.324 e. The van der Waals surface area contributed by atoms with E-state index in [1.54, 1.807) is 12.1 Å². The molecule has 0 unspecified atom stereocenters. The predicted octanol–water partition coefficient (Wildman–Crippen LogP) is 2.34. The first-order chi connectivity index (χ1) is 14.2. The number of rotatable bonds is 10. The van der Waals surface area contributed by atoms with Gasteiger partial charge in [0.1, 0.15) is 6.04 Å². The van der Waals surface area contributed by atoms with Crippen LogP contribution >= 0.6 is 0 Å². The molecule has 0 aromatic heterocycles. The lowest BCUT2D eigenvalue weighted by atomic mass is 10.1. The van der Waals surface area contributed by atoms with Crippen molar-refractivity contribution in [2.24, 2.45) is 0 Å². The fraction of sp³-hybridized carbons (Fsp3) is 0.364. The van der Waals surface area contributed by atoms with Crippen molar-refractivity contribution in [1.29, 1.82) is 0 Å². The Morgan fingerprint density at radius 1 is 1.00 bits per heavy atom. The van der Waals surface area contributed by atoms with Gasteiger partial charge in [-0.05, 0) is 51.3 Å². The monoisotopic (exact) mass is 432 g/mol. The first kappa shape index (κ1) is 23.6. The number of hydrogen-bond acceptors (Lipinski definition) is 5. The fourth-order valence-electron chi connectivity index (χ4n) is 2.74. The van der Waals surface area contributed by atoms with Gasteiger partial charge < -0.3 is 10.1 Å². The van der Waals surface area contributed by atoms with Crippen molar-refractivity contribution in [2.45, 2.75) is 50.6 Å². The summed E-state index contributed by atoms with van der Waals surface area (Å²) in [5.74, 6) is -1.25. The van der Waals surface area contributed by atoms with Gasteiger partial charge in [-0.2, -0.15) is 4.72 Å². The van der Waals surface area contributed by atoms with E-state index in [2.05, 4.69) is 10.0 Å². The Hall–Kier alpha value is -2.71. The quantitative estimate of drug-likeness (QED) is 0.561. The molecule has 0 aliphatic carbocycles. The van der Waals surface area contributed by atoms with Crippen LogP contribution in [0.4, 0.5) is 0 Å². The minimum absolute atomic E-state index is 0.0535. The molecule has 0 bridgehead atoms. The lowest BCUT2D eigenvalue weighted by molar-refractivity contribution is -0.149. The Kier molecular flexibility index (Phi) is 8.56. The zero-order valence-corrected chi connectivity index (χ0v) is 18.2. The Morgan fingerprint density at radius 3 is 2.27 bits per heavy atom. The van der Waals surface area contributed by atoms with Crippen LogP contribution in [0.2, 0.25) is 0 Å². The van der Waals surface area contributed by atoms with Crippen molar-refractivity contribution >= 4 is 21.9 Å². The predicted molar refractivity (Wildman–Crippen MR) is 114 cm³/mol. The molecular weight excluding hydrogens is 404 g/mol. The summed E-state index contributed by atoms with van der Waals surface area (Å²) < 4.78 is 31.9. The zero-order chi connectivity index (χ0) is 22.1. The molecule has 0 saturated heterocycles. The standard InChI is InChI=1S/C22H28N2O5S/c1-16-9-13-20(14-10-16)30(27,28)24-18(3)22(26)29-15-21(25)23-17(2)11-12-19-7-5-4-6-8-19/h4-10,13-14,17-18,24H,11-12,15H2,1-3H3,(H,23,25)/t17-,18+/m1/s1. The van der Waals surface area contributed by atoms with Gasteiger partial charge in [-0.15, -0.1) is 0 Å². The number of ether oxygens (including phenoxy) is 1. The third kappa shape index (κ3) is 7.61. The molecule has 2 atom stereocenters. The molecule has 0 fully saturated rings. The largest absolute Gasteiger partial charge is 0.454 e. The molecule has 1 amide bonds. The summed E-state index contributed by atoms with van der Waals surface area (Å²) in [4.78, 5) is 24.1. The number of esters is 1. The number of hydrogen-bond donors (Lipinski definition) is 2. The normalized spacial score (nSPS) is 13.3. The lowest BCUT2D eigenvalue weighted by Gasteiger charge is -2.16. The average Bonchev–Trinajstić information content (AvgIpc) is 2.71. The van der Waals surface area contributed by atoms with Crippen LogP contribution in [0, 0.1) is 6.92 Å². The van der Waals surface area contributed by atoms with Gasteiger partial charge in [-0.1, -0.05) is 48.0 Å². The third-order valence-electron chi connectivity index (χ3n) is 4.48. The highest BCUT2D eigenvalue weighted by atomic mass is 32.2. The van der Waals surface area contributed by atoms with Crippen LogP contribution in [0.5, 0.6) is 0 Å². The van der Waals surface area contributed by atoms with Crippen LogP contribution in [0.15, 0.2) is 59.5 Å². The van der Waals surface area contributed by atoms with Crippen molar-refractivity contribution in [2.75, 3.05) is 6.61 Å². The molecule has 2 aromatic carbocycles. The molecule has 2 rings (SSSR count). The molecule has 2 aromatic rings. The van der Waals surface area contributed by atoms with E-state index in [0.717, 1.165) is 18.4 Å². The zero-order valence-electron chi connectivity index (χ0n) is 17.4. The highest BCUT2D eigenvalue weighted by Crippen LogP contribution is 2.11. The van der Waals surface area contributed by atoms with Crippen LogP contribution in [-0.4, -0.2) is 39.0 Å². The maximum absolute atomic E-state index is 12.3. The molecule has 0 heterocycles. The molecule has 2 N–H and O–H groups in total. The van der Waals surface area contributed by atoms with E-state index in [1.165, 1.54) is 24.6 Å². The van der Waals surface area contributed by atoms with Gasteiger partial charge >= 0.3 is 5.97 Å². The molecule has 0 saturated carbocycles. The second-order valence-electron chi connectivity index (χ2n) is 7.26. The van der Waals surface area contributed by atoms with E-state index in [-0.39, 0.29) is 10.9 Å². The Balaban J connectivity index is 1.75. The molecule has 0 radical (unpaired) electrons. The Morgan fingerprint density at radius 2 is 1.63 bits per heavy atom. The van der Waals surface area contributed by atoms with E-state index < -0.39 is 34.5 Å². The van der Waals surface area contributed by atoms with Gasteiger partial charge in [-0.25, -0.2) is 8.42 Å². The van der Waals surface area contributed by atoms with Crippen molar-refractivity contribution in [1.82, 2.24) is 10.0 Å². The van der Waals surface area contributed by atoms with E-state index in [1.807, 2.05) is 44.2 Å². The topological polar surface area (TPSA) is 102 Å². The maximum Gasteiger partial charge on any atom is 0.324 e. The molecular formula is C22H28N2O5S. The SMILES string of the molecule is Cc1ccc(S(=O)(=O)N[C@@H](C)C(=O)OCC(=O)N[C@H](C)CCc2ccccc2)cc1. The number of carbonyl (C=O) groups is 2. The number of nitrogens with one attached hydrogen (secondary N) is 2. The molecule has 8 heteroatoms. The highest BCUT2D eigenvalue weighted by molar-refractivity contribution is 7.89. The Labute approximate surface area is 177 Å². The minimum Gasteiger partial charge on any atom is -0.454 e. The molecule has 0 aliphatic heterocycles. The molecule has 162 valence electrons. The molecule has 0 spiro atoms. The summed E-state index contributed by atoms with van der Waals surface area (Å²) in [5, 5.41) is 2.77. The summed E-state index contributed by atoms with van der Waals surface area (Å²) >= 11 is 0. The molecule has 0 aliphatic rings. The van der Waals surface area contributed by atoms with Crippen LogP contribution < -0.4 is 10.0 Å². The first-order valence-electron chi connectivity index (χ1n) is 9.76. The van der Waals surface area contributed by atoms with Crippen LogP contribution in [0.3, 0.4) is 0 Å². The van der Waals surface area contributed by atoms with Gasteiger partial charge in [0.25, 0.3) is 5.91 Å². The molecule has 7 nitrogen and oxygen atoms in total. The number of amides is 1. The van der Waals surface area contributed by atoms with Gasteiger partial charge in [-0.3, -0.25) is 9.59 Å². The van der Waals surface area contributed by atoms with Crippen LogP contribution in [0.25, 0.3) is 0 Å².